The van der Waals surface area contributed by atoms with Gasteiger partial charge in [-0.25, -0.2) is 0 Å². The molecule has 0 atom stereocenters. The number of hydrogen-bond acceptors (Lipinski definition) is 2. The molecular weight excluding hydrogens is 176 g/mol. The van der Waals surface area contributed by atoms with Crippen molar-refractivity contribution in [2.75, 3.05) is 6.61 Å². The van der Waals surface area contributed by atoms with Crippen LogP contribution in [0, 0.1) is 0 Å². The number of phenolic OH excluding ortho intramolecular Hbond substituents is 1. The molecule has 0 aliphatic carbocycles. The van der Waals surface area contributed by atoms with Gasteiger partial charge >= 0.3 is 0 Å². The van der Waals surface area contributed by atoms with Crippen LogP contribution >= 0.6 is 0 Å². The summed E-state index contributed by atoms with van der Waals surface area (Å²) in [6.07, 6.45) is 0.677. The Kier molecular flexibility index (Phi) is 2.37. The Morgan fingerprint density at radius 3 is 2.43 bits per heavy atom. The summed E-state index contributed by atoms with van der Waals surface area (Å²) in [7, 11) is 0. The van der Waals surface area contributed by atoms with E-state index in [0.717, 1.165) is 16.3 Å². The van der Waals surface area contributed by atoms with E-state index >= 15 is 0 Å². The molecule has 0 saturated carbocycles. The van der Waals surface area contributed by atoms with Gasteiger partial charge in [0.2, 0.25) is 0 Å². The minimum atomic E-state index is 0.170. The Morgan fingerprint density at radius 1 is 0.929 bits per heavy atom. The van der Waals surface area contributed by atoms with Gasteiger partial charge in [0.05, 0.1) is 0 Å². The van der Waals surface area contributed by atoms with Crippen LogP contribution in [-0.4, -0.2) is 16.8 Å². The Labute approximate surface area is 82.4 Å². The van der Waals surface area contributed by atoms with Gasteiger partial charge < -0.3 is 10.2 Å². The summed E-state index contributed by atoms with van der Waals surface area (Å²) in [4.78, 5) is 0. The predicted molar refractivity (Wildman–Crippen MR) is 56.4 cm³/mol. The quantitative estimate of drug-likeness (QED) is 0.757. The molecule has 0 amide bonds. The first-order chi connectivity index (χ1) is 6.79. The first-order valence-corrected chi connectivity index (χ1v) is 4.62. The lowest BCUT2D eigenvalue weighted by atomic mass is 10.1. The van der Waals surface area contributed by atoms with Crippen LogP contribution in [0.3, 0.4) is 0 Å². The molecule has 0 radical (unpaired) electrons. The van der Waals surface area contributed by atoms with Gasteiger partial charge in [0, 0.05) is 6.61 Å². The van der Waals surface area contributed by atoms with E-state index in [9.17, 15) is 5.11 Å². The summed E-state index contributed by atoms with van der Waals surface area (Å²) in [5.74, 6) is 0.285. The van der Waals surface area contributed by atoms with Crippen molar-refractivity contribution in [3.05, 3.63) is 42.0 Å². The standard InChI is InChI=1S/C12H12O2/c13-6-5-9-1-2-11-8-12(14)4-3-10(11)7-9/h1-4,7-8,13-14H,5-6H2. The first kappa shape index (κ1) is 9.03. The van der Waals surface area contributed by atoms with Crippen LogP contribution in [0.25, 0.3) is 10.8 Å². The highest BCUT2D eigenvalue weighted by Crippen LogP contribution is 2.21. The number of rotatable bonds is 2. The molecule has 72 valence electrons. The second kappa shape index (κ2) is 3.68. The van der Waals surface area contributed by atoms with Gasteiger partial charge in [-0.05, 0) is 34.9 Å². The number of aliphatic hydroxyl groups is 1. The number of aromatic hydroxyl groups is 1. The van der Waals surface area contributed by atoms with Crippen molar-refractivity contribution in [3.63, 3.8) is 0 Å². The number of phenols is 1. The molecule has 0 heterocycles. The van der Waals surface area contributed by atoms with Gasteiger partial charge in [-0.3, -0.25) is 0 Å². The van der Waals surface area contributed by atoms with E-state index in [0.29, 0.717) is 6.42 Å². The lowest BCUT2D eigenvalue weighted by Crippen LogP contribution is -1.89. The minimum absolute atomic E-state index is 0.170. The summed E-state index contributed by atoms with van der Waals surface area (Å²) in [6.45, 7) is 0.170. The predicted octanol–water partition coefficient (Wildman–Crippen LogP) is 2.08. The SMILES string of the molecule is OCCc1ccc2cc(O)ccc2c1. The van der Waals surface area contributed by atoms with Crippen molar-refractivity contribution in [1.29, 1.82) is 0 Å². The second-order valence-electron chi connectivity index (χ2n) is 3.34. The molecule has 0 unspecified atom stereocenters. The fourth-order valence-corrected chi connectivity index (χ4v) is 1.57. The number of fused-ring (bicyclic) bond motifs is 1. The molecule has 2 N–H and O–H groups in total. The second-order valence-corrected chi connectivity index (χ2v) is 3.34. The molecule has 2 aromatic carbocycles. The van der Waals surface area contributed by atoms with Crippen LogP contribution in [0.5, 0.6) is 5.75 Å². The smallest absolute Gasteiger partial charge is 0.116 e. The number of aliphatic hydroxyl groups excluding tert-OH is 1. The molecule has 2 heteroatoms. The average Bonchev–Trinajstić information content (AvgIpc) is 2.19. The minimum Gasteiger partial charge on any atom is -0.508 e. The lowest BCUT2D eigenvalue weighted by Gasteiger charge is -2.02. The van der Waals surface area contributed by atoms with Crippen LogP contribution < -0.4 is 0 Å². The maximum absolute atomic E-state index is 9.26. The third-order valence-electron chi connectivity index (χ3n) is 2.29. The van der Waals surface area contributed by atoms with E-state index in [-0.39, 0.29) is 12.4 Å². The average molecular weight is 188 g/mol. The highest BCUT2D eigenvalue weighted by atomic mass is 16.3. The molecule has 2 aromatic rings. The van der Waals surface area contributed by atoms with Crippen molar-refractivity contribution >= 4 is 10.8 Å². The number of hydrogen-bond donors (Lipinski definition) is 2. The molecule has 0 aliphatic heterocycles. The van der Waals surface area contributed by atoms with E-state index in [1.807, 2.05) is 24.3 Å². The molecule has 0 aliphatic rings. The van der Waals surface area contributed by atoms with Crippen LogP contribution in [0.2, 0.25) is 0 Å². The fraction of sp³-hybridized carbons (Fsp3) is 0.167. The molecule has 2 rings (SSSR count). The zero-order valence-electron chi connectivity index (χ0n) is 7.77. The first-order valence-electron chi connectivity index (χ1n) is 4.62. The summed E-state index contributed by atoms with van der Waals surface area (Å²) in [5.41, 5.74) is 1.12. The zero-order valence-corrected chi connectivity index (χ0v) is 7.77. The normalized spacial score (nSPS) is 10.6. The monoisotopic (exact) mass is 188 g/mol. The van der Waals surface area contributed by atoms with Gasteiger partial charge in [-0.15, -0.1) is 0 Å². The van der Waals surface area contributed by atoms with Gasteiger partial charge in [0.1, 0.15) is 5.75 Å². The molecule has 0 saturated heterocycles. The lowest BCUT2D eigenvalue weighted by molar-refractivity contribution is 0.299. The highest BCUT2D eigenvalue weighted by molar-refractivity contribution is 5.84. The summed E-state index contributed by atoms with van der Waals surface area (Å²) in [6, 6.07) is 11.2. The molecule has 0 spiro atoms. The fourth-order valence-electron chi connectivity index (χ4n) is 1.57. The summed E-state index contributed by atoms with van der Waals surface area (Å²) >= 11 is 0. The highest BCUT2D eigenvalue weighted by Gasteiger charge is 1.97. The van der Waals surface area contributed by atoms with E-state index in [1.54, 1.807) is 12.1 Å². The Balaban J connectivity index is 2.50. The van der Waals surface area contributed by atoms with Gasteiger partial charge in [-0.2, -0.15) is 0 Å². The molecule has 2 nitrogen and oxygen atoms in total. The van der Waals surface area contributed by atoms with Crippen molar-refractivity contribution in [3.8, 4) is 5.75 Å². The third kappa shape index (κ3) is 1.70. The summed E-state index contributed by atoms with van der Waals surface area (Å²) in [5, 5.41) is 20.2. The van der Waals surface area contributed by atoms with E-state index in [4.69, 9.17) is 5.11 Å². The summed E-state index contributed by atoms with van der Waals surface area (Å²) < 4.78 is 0. The Bertz CT molecular complexity index is 449. The van der Waals surface area contributed by atoms with E-state index in [1.165, 1.54) is 0 Å². The maximum Gasteiger partial charge on any atom is 0.116 e. The molecule has 0 bridgehead atoms. The Hall–Kier alpha value is -1.54. The molecule has 0 fully saturated rings. The van der Waals surface area contributed by atoms with Crippen molar-refractivity contribution < 1.29 is 10.2 Å². The maximum atomic E-state index is 9.26. The van der Waals surface area contributed by atoms with Crippen LogP contribution in [-0.2, 0) is 6.42 Å². The van der Waals surface area contributed by atoms with Gasteiger partial charge in [-0.1, -0.05) is 24.3 Å². The molecular formula is C12H12O2. The number of benzene rings is 2. The zero-order chi connectivity index (χ0) is 9.97. The van der Waals surface area contributed by atoms with Gasteiger partial charge in [0.15, 0.2) is 0 Å². The van der Waals surface area contributed by atoms with E-state index in [2.05, 4.69) is 0 Å². The third-order valence-corrected chi connectivity index (χ3v) is 2.29. The van der Waals surface area contributed by atoms with Gasteiger partial charge in [0.25, 0.3) is 0 Å². The van der Waals surface area contributed by atoms with Crippen molar-refractivity contribution in [2.45, 2.75) is 6.42 Å². The largest absolute Gasteiger partial charge is 0.508 e. The van der Waals surface area contributed by atoms with Crippen LogP contribution in [0.15, 0.2) is 36.4 Å². The van der Waals surface area contributed by atoms with Crippen LogP contribution in [0.4, 0.5) is 0 Å². The van der Waals surface area contributed by atoms with E-state index < -0.39 is 0 Å². The van der Waals surface area contributed by atoms with Crippen LogP contribution in [0.1, 0.15) is 5.56 Å². The van der Waals surface area contributed by atoms with Crippen molar-refractivity contribution in [2.24, 2.45) is 0 Å². The molecule has 14 heavy (non-hydrogen) atoms. The Morgan fingerprint density at radius 2 is 1.64 bits per heavy atom. The topological polar surface area (TPSA) is 40.5 Å². The molecule has 0 aromatic heterocycles. The van der Waals surface area contributed by atoms with Crippen molar-refractivity contribution in [1.82, 2.24) is 0 Å².